The van der Waals surface area contributed by atoms with Gasteiger partial charge in [0.25, 0.3) is 0 Å². The van der Waals surface area contributed by atoms with Gasteiger partial charge in [-0.05, 0) is 51.5 Å². The smallest absolute Gasteiger partial charge is 0.0642 e. The van der Waals surface area contributed by atoms with E-state index in [2.05, 4.69) is 26.1 Å². The molecule has 0 aromatic heterocycles. The molecule has 0 amide bonds. The Balaban J connectivity index is 2.59. The first kappa shape index (κ1) is 15.2. The van der Waals surface area contributed by atoms with Crippen molar-refractivity contribution >= 4 is 16.5 Å². The Morgan fingerprint density at radius 1 is 1.33 bits per heavy atom. The van der Waals surface area contributed by atoms with E-state index in [4.69, 9.17) is 4.74 Å². The van der Waals surface area contributed by atoms with Crippen LogP contribution in [0.25, 0.3) is 0 Å². The van der Waals surface area contributed by atoms with Gasteiger partial charge in [0.1, 0.15) is 0 Å². The summed E-state index contributed by atoms with van der Waals surface area (Å²) >= 11 is 0. The number of methoxy groups -OCH3 is 1. The number of rotatable bonds is 6. The lowest BCUT2D eigenvalue weighted by Crippen LogP contribution is -2.31. The highest BCUT2D eigenvalue weighted by Crippen LogP contribution is 2.19. The first-order valence-corrected chi connectivity index (χ1v) is 7.65. The van der Waals surface area contributed by atoms with Gasteiger partial charge >= 0.3 is 0 Å². The van der Waals surface area contributed by atoms with Crippen molar-refractivity contribution in [3.05, 3.63) is 24.3 Å². The van der Waals surface area contributed by atoms with Crippen LogP contribution >= 0.6 is 0 Å². The van der Waals surface area contributed by atoms with E-state index in [-0.39, 0.29) is 5.60 Å². The number of hydrogen-bond acceptors (Lipinski definition) is 3. The van der Waals surface area contributed by atoms with Gasteiger partial charge in [0.2, 0.25) is 0 Å². The molecule has 0 saturated carbocycles. The molecule has 0 fully saturated rings. The van der Waals surface area contributed by atoms with Gasteiger partial charge in [0.15, 0.2) is 0 Å². The Labute approximate surface area is 112 Å². The van der Waals surface area contributed by atoms with Crippen molar-refractivity contribution in [2.75, 3.05) is 18.7 Å². The molecule has 0 bridgehead atoms. The van der Waals surface area contributed by atoms with Crippen LogP contribution in [0.2, 0.25) is 0 Å². The first-order chi connectivity index (χ1) is 8.34. The number of anilines is 1. The number of hydrogen-bond donors (Lipinski definition) is 1. The molecule has 4 heteroatoms. The van der Waals surface area contributed by atoms with Gasteiger partial charge in [-0.1, -0.05) is 0 Å². The second-order valence-electron chi connectivity index (χ2n) is 5.19. The predicted molar refractivity (Wildman–Crippen MR) is 77.6 cm³/mol. The lowest BCUT2D eigenvalue weighted by atomic mass is 10.00. The second-order valence-corrected chi connectivity index (χ2v) is 6.57. The summed E-state index contributed by atoms with van der Waals surface area (Å²) in [5, 5.41) is 3.42. The van der Waals surface area contributed by atoms with E-state index in [1.807, 2.05) is 24.3 Å². The molecule has 2 atom stereocenters. The average molecular weight is 269 g/mol. The Morgan fingerprint density at radius 2 is 1.89 bits per heavy atom. The van der Waals surface area contributed by atoms with Crippen molar-refractivity contribution in [1.82, 2.24) is 0 Å². The van der Waals surface area contributed by atoms with Crippen molar-refractivity contribution in [2.45, 2.75) is 43.7 Å². The van der Waals surface area contributed by atoms with E-state index in [1.54, 1.807) is 13.4 Å². The second kappa shape index (κ2) is 6.34. The summed E-state index contributed by atoms with van der Waals surface area (Å²) in [4.78, 5) is 0.852. The summed E-state index contributed by atoms with van der Waals surface area (Å²) in [6.07, 6.45) is 2.61. The first-order valence-electron chi connectivity index (χ1n) is 6.09. The maximum absolute atomic E-state index is 11.3. The summed E-state index contributed by atoms with van der Waals surface area (Å²) in [6.45, 7) is 6.29. The molecule has 0 aliphatic heterocycles. The summed E-state index contributed by atoms with van der Waals surface area (Å²) in [5.74, 6) is 0. The highest BCUT2D eigenvalue weighted by Gasteiger charge is 2.19. The molecule has 18 heavy (non-hydrogen) atoms. The number of ether oxygens (including phenoxy) is 1. The predicted octanol–water partition coefficient (Wildman–Crippen LogP) is 3.04. The largest absolute Gasteiger partial charge is 0.382 e. The van der Waals surface area contributed by atoms with Crippen LogP contribution in [0.1, 0.15) is 27.2 Å². The third-order valence-corrected chi connectivity index (χ3v) is 3.89. The number of nitrogens with one attached hydrogen (secondary N) is 1. The molecule has 0 aliphatic carbocycles. The molecule has 0 spiro atoms. The quantitative estimate of drug-likeness (QED) is 0.862. The van der Waals surface area contributed by atoms with Gasteiger partial charge in [-0.15, -0.1) is 0 Å². The van der Waals surface area contributed by atoms with Crippen molar-refractivity contribution in [1.29, 1.82) is 0 Å². The fourth-order valence-electron chi connectivity index (χ4n) is 1.90. The van der Waals surface area contributed by atoms with Gasteiger partial charge < -0.3 is 10.1 Å². The summed E-state index contributed by atoms with van der Waals surface area (Å²) < 4.78 is 16.7. The van der Waals surface area contributed by atoms with Crippen molar-refractivity contribution in [3.8, 4) is 0 Å². The van der Waals surface area contributed by atoms with E-state index in [9.17, 15) is 4.21 Å². The van der Waals surface area contributed by atoms with Crippen LogP contribution in [-0.4, -0.2) is 29.2 Å². The van der Waals surface area contributed by atoms with Crippen molar-refractivity contribution < 1.29 is 8.95 Å². The van der Waals surface area contributed by atoms with Gasteiger partial charge in [-0.2, -0.15) is 0 Å². The molecule has 0 radical (unpaired) electrons. The molecule has 0 heterocycles. The van der Waals surface area contributed by atoms with Crippen LogP contribution in [0, 0.1) is 0 Å². The molecular weight excluding hydrogens is 246 g/mol. The molecule has 102 valence electrons. The topological polar surface area (TPSA) is 38.3 Å². The Kier molecular flexibility index (Phi) is 5.35. The SMILES string of the molecule is COC(C)(C)C[C@@H](C)Nc1ccc([S@@](C)=O)cc1. The van der Waals surface area contributed by atoms with E-state index in [0.29, 0.717) is 6.04 Å². The Hall–Kier alpha value is -0.870. The van der Waals surface area contributed by atoms with Crippen molar-refractivity contribution in [3.63, 3.8) is 0 Å². The highest BCUT2D eigenvalue weighted by molar-refractivity contribution is 7.84. The van der Waals surface area contributed by atoms with Gasteiger partial charge in [-0.3, -0.25) is 4.21 Å². The maximum Gasteiger partial charge on any atom is 0.0642 e. The summed E-state index contributed by atoms with van der Waals surface area (Å²) in [5.41, 5.74) is 0.917. The Bertz CT molecular complexity index is 401. The summed E-state index contributed by atoms with van der Waals surface area (Å²) in [7, 11) is 0.819. The molecule has 1 N–H and O–H groups in total. The van der Waals surface area contributed by atoms with Crippen LogP contribution in [0.5, 0.6) is 0 Å². The maximum atomic E-state index is 11.3. The van der Waals surface area contributed by atoms with Crippen molar-refractivity contribution in [2.24, 2.45) is 0 Å². The fraction of sp³-hybridized carbons (Fsp3) is 0.571. The van der Waals surface area contributed by atoms with Crippen LogP contribution < -0.4 is 5.32 Å². The third-order valence-electron chi connectivity index (χ3n) is 2.95. The zero-order chi connectivity index (χ0) is 13.8. The van der Waals surface area contributed by atoms with Gasteiger partial charge in [-0.25, -0.2) is 0 Å². The van der Waals surface area contributed by atoms with E-state index < -0.39 is 10.8 Å². The van der Waals surface area contributed by atoms with Crippen LogP contribution in [-0.2, 0) is 15.5 Å². The molecular formula is C14H23NO2S. The monoisotopic (exact) mass is 269 g/mol. The number of benzene rings is 1. The van der Waals surface area contributed by atoms with Gasteiger partial charge in [0.05, 0.1) is 5.60 Å². The molecule has 0 saturated heterocycles. The average Bonchev–Trinajstić information content (AvgIpc) is 2.29. The minimum Gasteiger partial charge on any atom is -0.382 e. The zero-order valence-electron chi connectivity index (χ0n) is 11.8. The zero-order valence-corrected chi connectivity index (χ0v) is 12.6. The fourth-order valence-corrected chi connectivity index (χ4v) is 2.42. The van der Waals surface area contributed by atoms with Crippen LogP contribution in [0.15, 0.2) is 29.2 Å². The van der Waals surface area contributed by atoms with Gasteiger partial charge in [0, 0.05) is 40.8 Å². The van der Waals surface area contributed by atoms with E-state index >= 15 is 0 Å². The lowest BCUT2D eigenvalue weighted by Gasteiger charge is -2.27. The molecule has 1 rings (SSSR count). The van der Waals surface area contributed by atoms with Crippen LogP contribution in [0.3, 0.4) is 0 Å². The lowest BCUT2D eigenvalue weighted by molar-refractivity contribution is 0.0128. The third kappa shape index (κ3) is 4.78. The minimum absolute atomic E-state index is 0.128. The highest BCUT2D eigenvalue weighted by atomic mass is 32.2. The standard InChI is InChI=1S/C14H23NO2S/c1-11(10-14(2,3)17-4)15-12-6-8-13(9-7-12)18(5)16/h6-9,11,15H,10H2,1-5H3/t11-,18-/m1/s1. The van der Waals surface area contributed by atoms with E-state index in [0.717, 1.165) is 17.0 Å². The molecule has 0 unspecified atom stereocenters. The molecule has 0 aliphatic rings. The van der Waals surface area contributed by atoms with Crippen LogP contribution in [0.4, 0.5) is 5.69 Å². The minimum atomic E-state index is -0.915. The summed E-state index contributed by atoms with van der Waals surface area (Å²) in [6, 6.07) is 8.04. The van der Waals surface area contributed by atoms with E-state index in [1.165, 1.54) is 0 Å². The molecule has 1 aromatic carbocycles. The normalized spacial score (nSPS) is 15.2. The Morgan fingerprint density at radius 3 is 2.33 bits per heavy atom. The molecule has 1 aromatic rings. The molecule has 3 nitrogen and oxygen atoms in total.